The number of carbonyl (C=O) groups is 1. The van der Waals surface area contributed by atoms with Crippen LogP contribution in [-0.2, 0) is 17.8 Å². The molecule has 1 N–H and O–H groups in total. The number of nitrogens with zero attached hydrogens (tertiary/aromatic N) is 3. The molecule has 0 radical (unpaired) electrons. The Morgan fingerprint density at radius 3 is 2.61 bits per heavy atom. The lowest BCUT2D eigenvalue weighted by molar-refractivity contribution is 0.0342. The third-order valence-corrected chi connectivity index (χ3v) is 8.05. The summed E-state index contributed by atoms with van der Waals surface area (Å²) in [6, 6.07) is 19.6. The first-order chi connectivity index (χ1) is 18.6. The molecule has 1 aromatic heterocycles. The number of methoxy groups -OCH3 is 1. The predicted octanol–water partition coefficient (Wildman–Crippen LogP) is 4.01. The van der Waals surface area contributed by atoms with Crippen LogP contribution in [0.25, 0.3) is 11.1 Å². The number of para-hydroxylation sites is 2. The first-order valence-electron chi connectivity index (χ1n) is 13.4. The number of amides is 2. The molecule has 3 aliphatic rings. The van der Waals surface area contributed by atoms with Crippen molar-refractivity contribution in [3.05, 3.63) is 82.3 Å². The van der Waals surface area contributed by atoms with Crippen molar-refractivity contribution in [3.63, 3.8) is 0 Å². The molecule has 0 spiro atoms. The number of fused-ring (bicyclic) bond motifs is 4. The molecular weight excluding hydrogens is 480 g/mol. The fraction of sp³-hybridized carbons (Fsp3) is 0.400. The number of carbonyl (C=O) groups excluding carboxylic acids is 1. The van der Waals surface area contributed by atoms with Gasteiger partial charge in [0.15, 0.2) is 0 Å². The average molecular weight is 515 g/mol. The summed E-state index contributed by atoms with van der Waals surface area (Å²) in [6.07, 6.45) is 0.991. The van der Waals surface area contributed by atoms with Crippen LogP contribution in [0.4, 0.5) is 10.5 Å². The Balaban J connectivity index is 1.24. The number of urea groups is 1. The zero-order chi connectivity index (χ0) is 26.1. The minimum absolute atomic E-state index is 0.0681. The molecule has 0 saturated carbocycles. The van der Waals surface area contributed by atoms with Crippen molar-refractivity contribution < 1.29 is 14.3 Å². The standard InChI is InChI=1S/C30H34N4O4/c1-37-28-9-5-4-8-26(28)31-30(36)33-17-21-16-23(20-33)27-11-10-25(29(35)34(27)18-21)24-7-3-2-6-22(24)19-32-12-14-38-15-13-32/h2-11,21,23H,12-20H2,1H3,(H,31,36). The largest absolute Gasteiger partial charge is 0.495 e. The maximum absolute atomic E-state index is 13.8. The van der Waals surface area contributed by atoms with E-state index < -0.39 is 0 Å². The topological polar surface area (TPSA) is 76.0 Å². The van der Waals surface area contributed by atoms with E-state index in [-0.39, 0.29) is 23.4 Å². The monoisotopic (exact) mass is 514 g/mol. The molecule has 2 fully saturated rings. The number of nitrogens with one attached hydrogen (secondary N) is 1. The molecular formula is C30H34N4O4. The summed E-state index contributed by atoms with van der Waals surface area (Å²) >= 11 is 0. The number of morpholine rings is 1. The van der Waals surface area contributed by atoms with Gasteiger partial charge in [-0.2, -0.15) is 0 Å². The van der Waals surface area contributed by atoms with Crippen LogP contribution in [-0.4, -0.2) is 66.9 Å². The van der Waals surface area contributed by atoms with E-state index in [9.17, 15) is 9.59 Å². The summed E-state index contributed by atoms with van der Waals surface area (Å²) in [6.45, 7) is 5.96. The Labute approximate surface area is 222 Å². The second-order valence-electron chi connectivity index (χ2n) is 10.5. The second-order valence-corrected chi connectivity index (χ2v) is 10.5. The van der Waals surface area contributed by atoms with Gasteiger partial charge in [-0.25, -0.2) is 4.79 Å². The molecule has 3 aromatic rings. The van der Waals surface area contributed by atoms with Crippen LogP contribution in [0.5, 0.6) is 5.75 Å². The van der Waals surface area contributed by atoms with Crippen LogP contribution in [0.1, 0.15) is 23.6 Å². The van der Waals surface area contributed by atoms with E-state index >= 15 is 0 Å². The van der Waals surface area contributed by atoms with Gasteiger partial charge in [-0.1, -0.05) is 36.4 Å². The van der Waals surface area contributed by atoms with Gasteiger partial charge in [0.25, 0.3) is 5.56 Å². The van der Waals surface area contributed by atoms with Crippen molar-refractivity contribution in [2.24, 2.45) is 5.92 Å². The van der Waals surface area contributed by atoms with E-state index in [1.807, 2.05) is 51.9 Å². The summed E-state index contributed by atoms with van der Waals surface area (Å²) in [5.41, 5.74) is 4.68. The van der Waals surface area contributed by atoms with E-state index in [1.165, 1.54) is 5.56 Å². The van der Waals surface area contributed by atoms with Crippen molar-refractivity contribution in [1.82, 2.24) is 14.4 Å². The van der Waals surface area contributed by atoms with Crippen LogP contribution >= 0.6 is 0 Å². The van der Waals surface area contributed by atoms with Gasteiger partial charge >= 0.3 is 6.03 Å². The fourth-order valence-electron chi connectivity index (χ4n) is 6.18. The van der Waals surface area contributed by atoms with E-state index in [0.717, 1.165) is 56.1 Å². The molecule has 2 bridgehead atoms. The lowest BCUT2D eigenvalue weighted by atomic mass is 9.83. The number of ether oxygens (including phenoxy) is 2. The number of rotatable bonds is 5. The molecule has 6 rings (SSSR count). The Morgan fingerprint density at radius 1 is 0.974 bits per heavy atom. The zero-order valence-corrected chi connectivity index (χ0v) is 21.8. The lowest BCUT2D eigenvalue weighted by Gasteiger charge is -2.42. The molecule has 4 heterocycles. The second kappa shape index (κ2) is 10.6. The molecule has 2 saturated heterocycles. The highest BCUT2D eigenvalue weighted by Gasteiger charge is 2.37. The lowest BCUT2D eigenvalue weighted by Crippen LogP contribution is -2.50. The molecule has 38 heavy (non-hydrogen) atoms. The number of piperidine rings is 1. The number of hydrogen-bond donors (Lipinski definition) is 1. The molecule has 198 valence electrons. The summed E-state index contributed by atoms with van der Waals surface area (Å²) in [4.78, 5) is 31.3. The van der Waals surface area contributed by atoms with Gasteiger partial charge in [0.05, 0.1) is 26.0 Å². The Morgan fingerprint density at radius 2 is 1.76 bits per heavy atom. The summed E-state index contributed by atoms with van der Waals surface area (Å²) < 4.78 is 12.9. The Hall–Kier alpha value is -3.62. The number of pyridine rings is 1. The van der Waals surface area contributed by atoms with Gasteiger partial charge in [-0.05, 0) is 47.7 Å². The van der Waals surface area contributed by atoms with Gasteiger partial charge in [-0.15, -0.1) is 0 Å². The first-order valence-corrected chi connectivity index (χ1v) is 13.4. The SMILES string of the molecule is COc1ccccc1NC(=O)N1CC2CC(C1)c1ccc(-c3ccccc3CN3CCOCC3)c(=O)n1C2. The third kappa shape index (κ3) is 4.81. The minimum Gasteiger partial charge on any atom is -0.495 e. The predicted molar refractivity (Wildman–Crippen MR) is 147 cm³/mol. The molecule has 2 atom stereocenters. The van der Waals surface area contributed by atoms with Crippen LogP contribution in [0.3, 0.4) is 0 Å². The quantitative estimate of drug-likeness (QED) is 0.557. The van der Waals surface area contributed by atoms with Crippen LogP contribution in [0, 0.1) is 5.92 Å². The van der Waals surface area contributed by atoms with Gasteiger partial charge in [-0.3, -0.25) is 9.69 Å². The summed E-state index contributed by atoms with van der Waals surface area (Å²) in [5.74, 6) is 1.01. The number of anilines is 1. The highest BCUT2D eigenvalue weighted by atomic mass is 16.5. The van der Waals surface area contributed by atoms with Gasteiger partial charge in [0, 0.05) is 56.4 Å². The number of likely N-dealkylation sites (tertiary alicyclic amines) is 1. The zero-order valence-electron chi connectivity index (χ0n) is 21.8. The number of hydrogen-bond acceptors (Lipinski definition) is 5. The van der Waals surface area contributed by atoms with Gasteiger partial charge in [0.1, 0.15) is 5.75 Å². The summed E-state index contributed by atoms with van der Waals surface area (Å²) in [5, 5.41) is 3.01. The molecule has 0 aliphatic carbocycles. The van der Waals surface area contributed by atoms with Crippen molar-refractivity contribution in [1.29, 1.82) is 0 Å². The number of aromatic nitrogens is 1. The van der Waals surface area contributed by atoms with Crippen molar-refractivity contribution in [3.8, 4) is 16.9 Å². The summed E-state index contributed by atoms with van der Waals surface area (Å²) in [7, 11) is 1.60. The maximum Gasteiger partial charge on any atom is 0.321 e. The minimum atomic E-state index is -0.131. The van der Waals surface area contributed by atoms with E-state index in [4.69, 9.17) is 9.47 Å². The van der Waals surface area contributed by atoms with Crippen molar-refractivity contribution in [2.45, 2.75) is 25.4 Å². The van der Waals surface area contributed by atoms with Crippen LogP contribution in [0.2, 0.25) is 0 Å². The van der Waals surface area contributed by atoms with Gasteiger partial charge < -0.3 is 24.3 Å². The third-order valence-electron chi connectivity index (χ3n) is 8.05. The van der Waals surface area contributed by atoms with Crippen molar-refractivity contribution >= 4 is 11.7 Å². The average Bonchev–Trinajstić information content (AvgIpc) is 2.95. The van der Waals surface area contributed by atoms with Gasteiger partial charge in [0.2, 0.25) is 0 Å². The van der Waals surface area contributed by atoms with E-state index in [0.29, 0.717) is 31.1 Å². The first kappa shape index (κ1) is 24.7. The van der Waals surface area contributed by atoms with Crippen LogP contribution in [0.15, 0.2) is 65.5 Å². The molecule has 2 unspecified atom stereocenters. The normalized spacial score (nSPS) is 21.0. The Bertz CT molecular complexity index is 1380. The molecule has 2 aromatic carbocycles. The molecule has 2 amide bonds. The number of benzene rings is 2. The van der Waals surface area contributed by atoms with E-state index in [2.05, 4.69) is 28.4 Å². The highest BCUT2D eigenvalue weighted by Crippen LogP contribution is 2.36. The van der Waals surface area contributed by atoms with Crippen LogP contribution < -0.4 is 15.6 Å². The van der Waals surface area contributed by atoms with Crippen molar-refractivity contribution in [2.75, 3.05) is 51.8 Å². The molecule has 8 nitrogen and oxygen atoms in total. The van der Waals surface area contributed by atoms with E-state index in [1.54, 1.807) is 7.11 Å². The molecule has 8 heteroatoms. The highest BCUT2D eigenvalue weighted by molar-refractivity contribution is 5.91. The maximum atomic E-state index is 13.8. The Kier molecular flexibility index (Phi) is 6.91. The molecule has 3 aliphatic heterocycles. The smallest absolute Gasteiger partial charge is 0.321 e. The fourth-order valence-corrected chi connectivity index (χ4v) is 6.18.